The van der Waals surface area contributed by atoms with Gasteiger partial charge in [-0.05, 0) is 111 Å². The summed E-state index contributed by atoms with van der Waals surface area (Å²) in [6.07, 6.45) is 0. The monoisotopic (exact) mass is 740 g/mol. The van der Waals surface area contributed by atoms with Crippen molar-refractivity contribution in [3.05, 3.63) is 241 Å². The zero-order chi connectivity index (χ0) is 38.2. The van der Waals surface area contributed by atoms with Gasteiger partial charge in [0.2, 0.25) is 0 Å². The minimum absolute atomic E-state index is 0.441. The lowest BCUT2D eigenvalue weighted by molar-refractivity contribution is 0.476. The van der Waals surface area contributed by atoms with Crippen LogP contribution >= 0.6 is 0 Å². The Kier molecular flexibility index (Phi) is 7.14. The molecule has 3 nitrogen and oxygen atoms in total. The van der Waals surface area contributed by atoms with Gasteiger partial charge in [0.1, 0.15) is 0 Å². The van der Waals surface area contributed by atoms with Crippen LogP contribution in [0.5, 0.6) is 11.5 Å². The van der Waals surface area contributed by atoms with Gasteiger partial charge in [0, 0.05) is 27.8 Å². The van der Waals surface area contributed by atoms with Crippen LogP contribution in [0, 0.1) is 0 Å². The van der Waals surface area contributed by atoms with E-state index >= 15 is 0 Å². The molecule has 2 heterocycles. The van der Waals surface area contributed by atoms with Gasteiger partial charge in [-0.3, -0.25) is 0 Å². The van der Waals surface area contributed by atoms with Gasteiger partial charge in [0.05, 0.1) is 22.1 Å². The van der Waals surface area contributed by atoms with E-state index < -0.39 is 5.41 Å². The first kappa shape index (κ1) is 32.6. The quantitative estimate of drug-likeness (QED) is 0.169. The molecule has 0 fully saturated rings. The van der Waals surface area contributed by atoms with Crippen molar-refractivity contribution < 1.29 is 4.74 Å². The number of hydrogen-bond acceptors (Lipinski definition) is 2. The molecule has 3 heteroatoms. The third-order valence-corrected chi connectivity index (χ3v) is 12.3. The second-order valence-corrected chi connectivity index (χ2v) is 15.2. The number of rotatable bonds is 6. The Balaban J connectivity index is 0.986. The van der Waals surface area contributed by atoms with Crippen molar-refractivity contribution in [1.82, 2.24) is 4.57 Å². The van der Waals surface area contributed by atoms with Gasteiger partial charge in [-0.2, -0.15) is 0 Å². The van der Waals surface area contributed by atoms with Crippen LogP contribution in [-0.4, -0.2) is 4.57 Å². The topological polar surface area (TPSA) is 17.4 Å². The van der Waals surface area contributed by atoms with Gasteiger partial charge in [-0.25, -0.2) is 0 Å². The molecule has 58 heavy (non-hydrogen) atoms. The second-order valence-electron chi connectivity index (χ2n) is 15.2. The van der Waals surface area contributed by atoms with E-state index in [1.807, 2.05) is 12.1 Å². The number of nitrogens with zero attached hydrogens (tertiary/aromatic N) is 2. The molecule has 272 valence electrons. The number of hydrogen-bond donors (Lipinski definition) is 0. The molecule has 1 aliphatic heterocycles. The molecule has 1 aliphatic carbocycles. The Bertz CT molecular complexity index is 3140. The molecule has 12 rings (SSSR count). The molecule has 10 aromatic rings. The highest BCUT2D eigenvalue weighted by atomic mass is 16.5. The molecule has 0 amide bonds. The van der Waals surface area contributed by atoms with Gasteiger partial charge in [0.15, 0.2) is 11.5 Å². The Morgan fingerprint density at radius 3 is 1.67 bits per heavy atom. The maximum Gasteiger partial charge on any atom is 0.152 e. The molecule has 0 N–H and O–H groups in total. The van der Waals surface area contributed by atoms with Crippen LogP contribution < -0.4 is 9.64 Å². The van der Waals surface area contributed by atoms with E-state index in [1.54, 1.807) is 0 Å². The number of fused-ring (bicyclic) bond motifs is 8. The Labute approximate surface area is 337 Å². The number of aromatic nitrogens is 1. The summed E-state index contributed by atoms with van der Waals surface area (Å²) in [4.78, 5) is 2.35. The van der Waals surface area contributed by atoms with Crippen molar-refractivity contribution >= 4 is 38.9 Å². The van der Waals surface area contributed by atoms with E-state index in [1.165, 1.54) is 55.2 Å². The van der Waals surface area contributed by atoms with Gasteiger partial charge in [-0.1, -0.05) is 152 Å². The predicted molar refractivity (Wildman–Crippen MR) is 238 cm³/mol. The zero-order valence-corrected chi connectivity index (χ0v) is 31.6. The zero-order valence-electron chi connectivity index (χ0n) is 31.6. The van der Waals surface area contributed by atoms with Gasteiger partial charge < -0.3 is 14.2 Å². The first-order valence-electron chi connectivity index (χ1n) is 19.9. The smallest absolute Gasteiger partial charge is 0.152 e. The first-order valence-corrected chi connectivity index (χ1v) is 19.9. The molecule has 0 spiro atoms. The van der Waals surface area contributed by atoms with Crippen molar-refractivity contribution in [3.8, 4) is 39.4 Å². The molecule has 1 aromatic heterocycles. The third kappa shape index (κ3) is 4.62. The lowest BCUT2D eigenvalue weighted by Crippen LogP contribution is -2.28. The maximum absolute atomic E-state index is 6.50. The SMILES string of the molecule is c1ccc(N(c2ccc(-c3ccc4c5c3c3ccccc3n5-c3ccccc3O4)cc2)c2ccc(C3(c4ccccc4)c4ccccc4-c4ccccc43)cc2)cc1. The van der Waals surface area contributed by atoms with Crippen molar-refractivity contribution in [3.63, 3.8) is 0 Å². The Morgan fingerprint density at radius 2 is 0.948 bits per heavy atom. The molecule has 0 bridgehead atoms. The average molecular weight is 741 g/mol. The molecule has 2 aliphatic rings. The molecule has 0 atom stereocenters. The first-order chi connectivity index (χ1) is 28.8. The van der Waals surface area contributed by atoms with Crippen LogP contribution in [0.25, 0.3) is 49.7 Å². The molecular formula is C55H36N2O. The van der Waals surface area contributed by atoms with E-state index in [2.05, 4.69) is 216 Å². The van der Waals surface area contributed by atoms with Gasteiger partial charge >= 0.3 is 0 Å². The molecule has 9 aromatic carbocycles. The molecule has 0 radical (unpaired) electrons. The van der Waals surface area contributed by atoms with Crippen LogP contribution in [0.1, 0.15) is 22.3 Å². The molecule has 0 saturated heterocycles. The fraction of sp³-hybridized carbons (Fsp3) is 0.0182. The fourth-order valence-electron chi connectivity index (χ4n) is 9.87. The summed E-state index contributed by atoms with van der Waals surface area (Å²) in [7, 11) is 0. The van der Waals surface area contributed by atoms with E-state index in [0.29, 0.717) is 0 Å². The van der Waals surface area contributed by atoms with Crippen molar-refractivity contribution in [2.24, 2.45) is 0 Å². The van der Waals surface area contributed by atoms with E-state index in [-0.39, 0.29) is 0 Å². The summed E-state index contributed by atoms with van der Waals surface area (Å²) >= 11 is 0. The van der Waals surface area contributed by atoms with Crippen molar-refractivity contribution in [2.75, 3.05) is 4.90 Å². The number of para-hydroxylation sites is 4. The minimum atomic E-state index is -0.441. The Morgan fingerprint density at radius 1 is 0.397 bits per heavy atom. The second kappa shape index (κ2) is 12.7. The highest BCUT2D eigenvalue weighted by molar-refractivity contribution is 6.18. The normalized spacial score (nSPS) is 13.1. The minimum Gasteiger partial charge on any atom is -0.453 e. The third-order valence-electron chi connectivity index (χ3n) is 12.3. The van der Waals surface area contributed by atoms with Crippen LogP contribution in [0.4, 0.5) is 17.1 Å². The maximum atomic E-state index is 6.50. The average Bonchev–Trinajstić information content (AvgIpc) is 3.81. The van der Waals surface area contributed by atoms with Crippen LogP contribution in [-0.2, 0) is 5.41 Å². The molecular weight excluding hydrogens is 705 g/mol. The Hall–Kier alpha value is -7.62. The van der Waals surface area contributed by atoms with E-state index in [9.17, 15) is 0 Å². The number of benzene rings is 9. The highest BCUT2D eigenvalue weighted by Gasteiger charge is 2.45. The van der Waals surface area contributed by atoms with Gasteiger partial charge in [-0.15, -0.1) is 0 Å². The molecule has 0 saturated carbocycles. The van der Waals surface area contributed by atoms with Crippen molar-refractivity contribution in [1.29, 1.82) is 0 Å². The summed E-state index contributed by atoms with van der Waals surface area (Å²) in [5, 5.41) is 2.42. The summed E-state index contributed by atoms with van der Waals surface area (Å²) in [5.74, 6) is 1.75. The summed E-state index contributed by atoms with van der Waals surface area (Å²) in [6, 6.07) is 79.1. The number of ether oxygens (including phenoxy) is 1. The lowest BCUT2D eigenvalue weighted by Gasteiger charge is -2.34. The van der Waals surface area contributed by atoms with E-state index in [4.69, 9.17) is 4.74 Å². The van der Waals surface area contributed by atoms with Crippen LogP contribution in [0.15, 0.2) is 218 Å². The van der Waals surface area contributed by atoms with E-state index in [0.717, 1.165) is 45.3 Å². The summed E-state index contributed by atoms with van der Waals surface area (Å²) < 4.78 is 8.86. The fourth-order valence-corrected chi connectivity index (χ4v) is 9.87. The summed E-state index contributed by atoms with van der Waals surface area (Å²) in [6.45, 7) is 0. The number of anilines is 3. The highest BCUT2D eigenvalue weighted by Crippen LogP contribution is 2.56. The van der Waals surface area contributed by atoms with Crippen LogP contribution in [0.3, 0.4) is 0 Å². The van der Waals surface area contributed by atoms with Gasteiger partial charge in [0.25, 0.3) is 0 Å². The molecule has 0 unspecified atom stereocenters. The van der Waals surface area contributed by atoms with Crippen molar-refractivity contribution in [2.45, 2.75) is 5.41 Å². The predicted octanol–water partition coefficient (Wildman–Crippen LogP) is 14.4. The van der Waals surface area contributed by atoms with Crippen LogP contribution in [0.2, 0.25) is 0 Å². The summed E-state index contributed by atoms with van der Waals surface area (Å²) in [5.41, 5.74) is 16.3. The largest absolute Gasteiger partial charge is 0.453 e. The lowest BCUT2D eigenvalue weighted by atomic mass is 9.68. The standard InChI is InChI=1S/C55H36N2O/c1-3-15-38(16-4-1)55(47-22-10-7-19-44(47)45-20-8-11-23-48(45)55)39-29-33-42(34-30-39)56(40-17-5-2-6-18-40)41-31-27-37(28-32-41)43-35-36-52-54-53(43)46-21-9-12-24-49(46)57(54)50-25-13-14-26-51(50)58-52/h1-36H.